The Morgan fingerprint density at radius 1 is 0.733 bits per heavy atom. The first kappa shape index (κ1) is 24.6. The van der Waals surface area contributed by atoms with Crippen LogP contribution in [0.4, 0.5) is 57.1 Å². The second-order valence-corrected chi connectivity index (χ2v) is 5.79. The summed E-state index contributed by atoms with van der Waals surface area (Å²) < 4.78 is 192. The lowest BCUT2D eigenvalue weighted by molar-refractivity contribution is -0.401. The first-order chi connectivity index (χ1) is 13.2. The normalized spacial score (nSPS) is 28.9. The van der Waals surface area contributed by atoms with Crippen LogP contribution in [0.3, 0.4) is 0 Å². The number of ether oxygens (including phenoxy) is 3. The molecule has 0 unspecified atom stereocenters. The highest BCUT2D eigenvalue weighted by atomic mass is 19.4. The van der Waals surface area contributed by atoms with Crippen molar-refractivity contribution < 1.29 is 71.3 Å². The van der Waals surface area contributed by atoms with Gasteiger partial charge in [0.2, 0.25) is 0 Å². The van der Waals surface area contributed by atoms with Crippen LogP contribution in [0.25, 0.3) is 0 Å². The fourth-order valence-electron chi connectivity index (χ4n) is 3.10. The van der Waals surface area contributed by atoms with Crippen molar-refractivity contribution in [2.75, 3.05) is 21.3 Å². The van der Waals surface area contributed by atoms with Crippen LogP contribution in [0.2, 0.25) is 0 Å². The summed E-state index contributed by atoms with van der Waals surface area (Å²) in [5.41, 5.74) is -2.98. The first-order valence-electron chi connectivity index (χ1n) is 7.14. The topological polar surface area (TPSA) is 34.2 Å². The van der Waals surface area contributed by atoms with E-state index in [9.17, 15) is 57.1 Å². The second-order valence-electron chi connectivity index (χ2n) is 5.79. The van der Waals surface area contributed by atoms with E-state index < -0.39 is 63.5 Å². The molecule has 0 aromatic heterocycles. The van der Waals surface area contributed by atoms with Crippen LogP contribution < -0.4 is 0 Å². The molecule has 1 saturated heterocycles. The van der Waals surface area contributed by atoms with E-state index in [1.54, 1.807) is 0 Å². The van der Waals surface area contributed by atoms with Crippen molar-refractivity contribution in [3.8, 4) is 0 Å². The zero-order chi connectivity index (χ0) is 23.9. The van der Waals surface area contributed by atoms with E-state index in [4.69, 9.17) is 0 Å². The molecule has 30 heavy (non-hydrogen) atoms. The van der Waals surface area contributed by atoms with E-state index in [1.165, 1.54) is 0 Å². The van der Waals surface area contributed by atoms with Gasteiger partial charge in [-0.1, -0.05) is 4.90 Å². The summed E-state index contributed by atoms with van der Waals surface area (Å²) in [5, 5.41) is 0. The maximum absolute atomic E-state index is 14.3. The molecule has 176 valence electrons. The van der Waals surface area contributed by atoms with E-state index in [0.717, 1.165) is 0 Å². The van der Waals surface area contributed by atoms with Crippen LogP contribution in [0.15, 0.2) is 11.5 Å². The minimum atomic E-state index is -6.90. The molecule has 1 fully saturated rings. The van der Waals surface area contributed by atoms with E-state index in [2.05, 4.69) is 14.2 Å². The lowest BCUT2D eigenvalue weighted by Crippen LogP contribution is -2.62. The largest absolute Gasteiger partial charge is 0.493 e. The Bertz CT molecular complexity index is 744. The Kier molecular flexibility index (Phi) is 5.06. The fourth-order valence-corrected chi connectivity index (χ4v) is 3.10. The molecule has 0 aromatic rings. The van der Waals surface area contributed by atoms with Gasteiger partial charge in [-0.25, -0.2) is 4.90 Å². The highest BCUT2D eigenvalue weighted by molar-refractivity contribution is 5.39. The summed E-state index contributed by atoms with van der Waals surface area (Å²) in [6, 6.07) is -13.5. The summed E-state index contributed by atoms with van der Waals surface area (Å²) in [7, 11) is 0.142. The molecule has 0 amide bonds. The van der Waals surface area contributed by atoms with Crippen LogP contribution in [0.1, 0.15) is 0 Å². The number of hydrogen-bond acceptors (Lipinski definition) is 5. The average molecular weight is 476 g/mol. The highest BCUT2D eigenvalue weighted by Gasteiger charge is 2.92. The van der Waals surface area contributed by atoms with Crippen molar-refractivity contribution in [3.05, 3.63) is 11.5 Å². The van der Waals surface area contributed by atoms with Gasteiger partial charge in [-0.05, 0) is 0 Å². The highest BCUT2D eigenvalue weighted by Crippen LogP contribution is 2.66. The van der Waals surface area contributed by atoms with Crippen molar-refractivity contribution in [3.63, 3.8) is 0 Å². The molecule has 5 nitrogen and oxygen atoms in total. The monoisotopic (exact) mass is 476 g/mol. The molecule has 0 spiro atoms. The van der Waals surface area contributed by atoms with Crippen LogP contribution in [0, 0.1) is 0 Å². The van der Waals surface area contributed by atoms with Crippen molar-refractivity contribution in [1.29, 1.82) is 0 Å². The van der Waals surface area contributed by atoms with Gasteiger partial charge in [0.1, 0.15) is 5.70 Å². The summed E-state index contributed by atoms with van der Waals surface area (Å²) >= 11 is 0. The number of nitrogens with zero attached hydrogens (tertiary/aromatic N) is 2. The number of methoxy groups -OCH3 is 3. The number of hydrogen-bond donors (Lipinski definition) is 0. The molecule has 0 aromatic carbocycles. The lowest BCUT2D eigenvalue weighted by atomic mass is 10.1. The van der Waals surface area contributed by atoms with Crippen molar-refractivity contribution >= 4 is 0 Å². The van der Waals surface area contributed by atoms with Crippen molar-refractivity contribution in [2.24, 2.45) is 0 Å². The van der Waals surface area contributed by atoms with Gasteiger partial charge >= 0.3 is 36.4 Å². The Morgan fingerprint density at radius 3 is 1.47 bits per heavy atom. The lowest BCUT2D eigenvalue weighted by Gasteiger charge is -2.40. The maximum Gasteiger partial charge on any atom is 0.471 e. The number of alkyl halides is 13. The SMILES string of the molecule is COC1=C(N2C(F)(F)N(C(F)(F)F)C(F)(F)C2(F)F)C(OC)(OC)C(F)(F)C1(F)F. The Hall–Kier alpha value is -1.69. The molecule has 0 N–H and O–H groups in total. The third kappa shape index (κ3) is 2.43. The molecule has 1 aliphatic carbocycles. The van der Waals surface area contributed by atoms with E-state index in [0.29, 0.717) is 0 Å². The van der Waals surface area contributed by atoms with Crippen molar-refractivity contribution in [1.82, 2.24) is 9.80 Å². The number of rotatable bonds is 4. The molecule has 1 heterocycles. The standard InChI is InChI=1S/C12H9F13N2O3/c1-28-5-4(7(29-2,30-3)8(15,16)6(5,13)14)26-9(17,18)10(19,20)27(11(21,22)23)12(26,24)25/h1-3H3. The van der Waals surface area contributed by atoms with Crippen LogP contribution >= 0.6 is 0 Å². The number of allylic oxidation sites excluding steroid dienone is 1. The Balaban J connectivity index is 3.01. The molecule has 2 rings (SSSR count). The minimum absolute atomic E-state index is 0.0398. The molecular weight excluding hydrogens is 467 g/mol. The molecule has 18 heteroatoms. The first-order valence-corrected chi connectivity index (χ1v) is 7.14. The predicted molar refractivity (Wildman–Crippen MR) is 65.3 cm³/mol. The summed E-state index contributed by atoms with van der Waals surface area (Å²) in [4.78, 5) is -5.86. The minimum Gasteiger partial charge on any atom is -0.493 e. The van der Waals surface area contributed by atoms with Gasteiger partial charge in [0.25, 0.3) is 5.79 Å². The average Bonchev–Trinajstić information content (AvgIpc) is 2.72. The quantitative estimate of drug-likeness (QED) is 0.349. The molecule has 0 bridgehead atoms. The van der Waals surface area contributed by atoms with Gasteiger partial charge in [-0.3, -0.25) is 0 Å². The maximum atomic E-state index is 14.3. The van der Waals surface area contributed by atoms with Gasteiger partial charge in [-0.2, -0.15) is 57.1 Å². The molecule has 0 radical (unpaired) electrons. The van der Waals surface area contributed by atoms with E-state index in [1.807, 2.05) is 0 Å². The smallest absolute Gasteiger partial charge is 0.471 e. The molecule has 1 aliphatic heterocycles. The Labute approximate surface area is 157 Å². The van der Waals surface area contributed by atoms with Crippen LogP contribution in [0.5, 0.6) is 0 Å². The third-order valence-electron chi connectivity index (χ3n) is 4.34. The third-order valence-corrected chi connectivity index (χ3v) is 4.34. The Morgan fingerprint density at radius 2 is 1.17 bits per heavy atom. The van der Waals surface area contributed by atoms with Crippen LogP contribution in [-0.4, -0.2) is 73.3 Å². The van der Waals surface area contributed by atoms with Gasteiger partial charge in [0.05, 0.1) is 7.11 Å². The van der Waals surface area contributed by atoms with Gasteiger partial charge < -0.3 is 14.2 Å². The summed E-state index contributed by atoms with van der Waals surface area (Å²) in [6.45, 7) is 0. The van der Waals surface area contributed by atoms with Crippen LogP contribution in [-0.2, 0) is 14.2 Å². The predicted octanol–water partition coefficient (Wildman–Crippen LogP) is 3.99. The number of halogens is 13. The van der Waals surface area contributed by atoms with Gasteiger partial charge in [0.15, 0.2) is 5.76 Å². The fraction of sp³-hybridized carbons (Fsp3) is 0.833. The molecule has 0 atom stereocenters. The molecular formula is C12H9F13N2O3. The summed E-state index contributed by atoms with van der Waals surface area (Å²) in [6.07, 6.45) is -13.5. The van der Waals surface area contributed by atoms with E-state index >= 15 is 0 Å². The molecule has 2 aliphatic rings. The second kappa shape index (κ2) is 6.18. The van der Waals surface area contributed by atoms with Crippen molar-refractivity contribution in [2.45, 2.75) is 42.2 Å². The van der Waals surface area contributed by atoms with E-state index in [-0.39, 0.29) is 21.3 Å². The zero-order valence-electron chi connectivity index (χ0n) is 14.5. The van der Waals surface area contributed by atoms with Gasteiger partial charge in [-0.15, -0.1) is 0 Å². The zero-order valence-corrected chi connectivity index (χ0v) is 14.5. The van der Waals surface area contributed by atoms with Gasteiger partial charge in [0, 0.05) is 14.2 Å². The summed E-state index contributed by atoms with van der Waals surface area (Å²) in [5.74, 6) is -19.2. The molecule has 0 saturated carbocycles.